The lowest BCUT2D eigenvalue weighted by Gasteiger charge is -2.27. The van der Waals surface area contributed by atoms with Crippen LogP contribution in [0, 0.1) is 11.6 Å². The lowest BCUT2D eigenvalue weighted by molar-refractivity contribution is 0.397. The number of aliphatic imine (C=N–C) groups is 1. The Bertz CT molecular complexity index is 890. The molecule has 0 spiro atoms. The zero-order valence-corrected chi connectivity index (χ0v) is 13.5. The first kappa shape index (κ1) is 15.6. The Hall–Kier alpha value is -2.93. The summed E-state index contributed by atoms with van der Waals surface area (Å²) in [5.74, 6) is -0.257. The summed E-state index contributed by atoms with van der Waals surface area (Å²) in [4.78, 5) is 4.38. The van der Waals surface area contributed by atoms with Crippen LogP contribution in [0.15, 0.2) is 47.5 Å². The molecule has 2 aliphatic heterocycles. The highest BCUT2D eigenvalue weighted by molar-refractivity contribution is 5.98. The van der Waals surface area contributed by atoms with Crippen molar-refractivity contribution in [3.05, 3.63) is 65.2 Å². The molecule has 3 N–H and O–H groups in total. The first-order chi connectivity index (χ1) is 12.1. The number of fused-ring (bicyclic) bond motifs is 3. The van der Waals surface area contributed by atoms with Crippen molar-refractivity contribution >= 4 is 17.3 Å². The van der Waals surface area contributed by atoms with Crippen molar-refractivity contribution in [1.29, 1.82) is 0 Å². The number of benzene rings is 2. The van der Waals surface area contributed by atoms with E-state index in [9.17, 15) is 8.78 Å². The fourth-order valence-corrected chi connectivity index (χ4v) is 3.16. The molecular weight excluding hydrogens is 326 g/mol. The van der Waals surface area contributed by atoms with E-state index in [0.29, 0.717) is 11.4 Å². The van der Waals surface area contributed by atoms with Crippen LogP contribution in [0.3, 0.4) is 0 Å². The van der Waals surface area contributed by atoms with E-state index in [-0.39, 0.29) is 24.0 Å². The van der Waals surface area contributed by atoms with E-state index < -0.39 is 11.6 Å². The molecule has 5 nitrogen and oxygen atoms in total. The highest BCUT2D eigenvalue weighted by Crippen LogP contribution is 2.41. The third-order valence-electron chi connectivity index (χ3n) is 4.33. The van der Waals surface area contributed by atoms with Gasteiger partial charge >= 0.3 is 0 Å². The van der Waals surface area contributed by atoms with Gasteiger partial charge in [0.2, 0.25) is 5.96 Å². The highest BCUT2D eigenvalue weighted by Gasteiger charge is 2.32. The number of methoxy groups -OCH3 is 1. The van der Waals surface area contributed by atoms with Crippen LogP contribution in [-0.2, 0) is 6.42 Å². The van der Waals surface area contributed by atoms with E-state index in [2.05, 4.69) is 10.4 Å². The Kier molecular flexibility index (Phi) is 3.65. The largest absolute Gasteiger partial charge is 0.494 e. The van der Waals surface area contributed by atoms with Gasteiger partial charge < -0.3 is 10.5 Å². The second-order valence-corrected chi connectivity index (χ2v) is 5.85. The average Bonchev–Trinajstić information content (AvgIpc) is 3.03. The predicted molar refractivity (Wildman–Crippen MR) is 91.1 cm³/mol. The summed E-state index contributed by atoms with van der Waals surface area (Å²) in [6.07, 6.45) is 2.05. The molecule has 4 rings (SSSR count). The summed E-state index contributed by atoms with van der Waals surface area (Å²) in [6, 6.07) is 9.12. The lowest BCUT2D eigenvalue weighted by atomic mass is 10.0. The third-order valence-corrected chi connectivity index (χ3v) is 4.33. The molecule has 0 saturated heterocycles. The molecule has 128 valence electrons. The van der Waals surface area contributed by atoms with Crippen molar-refractivity contribution in [2.24, 2.45) is 10.7 Å². The quantitative estimate of drug-likeness (QED) is 0.900. The summed E-state index contributed by atoms with van der Waals surface area (Å²) in [6.45, 7) is 0. The molecule has 1 unspecified atom stereocenters. The molecule has 7 heteroatoms. The molecule has 2 aromatic rings. The maximum atomic E-state index is 13.9. The average molecular weight is 342 g/mol. The van der Waals surface area contributed by atoms with Crippen LogP contribution in [0.25, 0.3) is 5.70 Å². The van der Waals surface area contributed by atoms with Gasteiger partial charge in [-0.3, -0.25) is 0 Å². The second kappa shape index (κ2) is 5.86. The third kappa shape index (κ3) is 2.53. The van der Waals surface area contributed by atoms with E-state index in [1.165, 1.54) is 18.2 Å². The maximum absolute atomic E-state index is 13.9. The molecule has 2 aromatic carbocycles. The van der Waals surface area contributed by atoms with Gasteiger partial charge in [0.1, 0.15) is 23.1 Å². The van der Waals surface area contributed by atoms with Gasteiger partial charge in [0.25, 0.3) is 0 Å². The fraction of sp³-hybridized carbons (Fsp3) is 0.167. The van der Waals surface area contributed by atoms with Crippen LogP contribution in [0.2, 0.25) is 0 Å². The number of guanidine groups is 1. The number of nitrogens with zero attached hydrogens (tertiary/aromatic N) is 2. The first-order valence-corrected chi connectivity index (χ1v) is 7.81. The Morgan fingerprint density at radius 1 is 1.20 bits per heavy atom. The topological polar surface area (TPSA) is 62.9 Å². The van der Waals surface area contributed by atoms with Crippen molar-refractivity contribution in [3.8, 4) is 5.75 Å². The Balaban J connectivity index is 1.71. The van der Waals surface area contributed by atoms with E-state index in [0.717, 1.165) is 11.3 Å². The predicted octanol–water partition coefficient (Wildman–Crippen LogP) is 2.71. The SMILES string of the molecule is COc1cccc2c1N=C(N)N1NC(Cc3c(F)cccc3F)C=C21. The zero-order valence-electron chi connectivity index (χ0n) is 13.5. The molecular formula is C18H16F2N4O. The number of ether oxygens (including phenoxy) is 1. The van der Waals surface area contributed by atoms with E-state index in [1.54, 1.807) is 18.2 Å². The maximum Gasteiger partial charge on any atom is 0.216 e. The Labute approximate surface area is 143 Å². The van der Waals surface area contributed by atoms with Crippen LogP contribution >= 0.6 is 0 Å². The molecule has 0 saturated carbocycles. The van der Waals surface area contributed by atoms with Crippen molar-refractivity contribution in [3.63, 3.8) is 0 Å². The van der Waals surface area contributed by atoms with Crippen molar-refractivity contribution in [2.45, 2.75) is 12.5 Å². The molecule has 0 amide bonds. The number of hydrazine groups is 1. The summed E-state index contributed by atoms with van der Waals surface area (Å²) in [5, 5.41) is 1.63. The molecule has 25 heavy (non-hydrogen) atoms. The van der Waals surface area contributed by atoms with Gasteiger partial charge in [-0.25, -0.2) is 24.2 Å². The monoisotopic (exact) mass is 342 g/mol. The number of halogens is 2. The van der Waals surface area contributed by atoms with Gasteiger partial charge in [-0.1, -0.05) is 18.2 Å². The van der Waals surface area contributed by atoms with Gasteiger partial charge in [0, 0.05) is 11.1 Å². The lowest BCUT2D eigenvalue weighted by Crippen LogP contribution is -2.46. The van der Waals surface area contributed by atoms with Crippen molar-refractivity contribution < 1.29 is 13.5 Å². The number of nitrogens with two attached hydrogens (primary N) is 1. The second-order valence-electron chi connectivity index (χ2n) is 5.85. The standard InChI is InChI=1S/C18H16F2N4O/c1-25-16-7-2-4-11-15-9-10(23-24(15)18(21)22-17(11)16)8-12-13(19)5-3-6-14(12)20/h2-7,9-10,23H,8H2,1H3,(H2,21,22). The van der Waals surface area contributed by atoms with Crippen LogP contribution in [0.1, 0.15) is 11.1 Å². The molecule has 0 aliphatic carbocycles. The Morgan fingerprint density at radius 3 is 2.64 bits per heavy atom. The Morgan fingerprint density at radius 2 is 1.92 bits per heavy atom. The minimum absolute atomic E-state index is 0.0399. The normalized spacial score (nSPS) is 18.4. The minimum Gasteiger partial charge on any atom is -0.494 e. The van der Waals surface area contributed by atoms with Crippen LogP contribution in [0.4, 0.5) is 14.5 Å². The van der Waals surface area contributed by atoms with E-state index in [4.69, 9.17) is 10.5 Å². The van der Waals surface area contributed by atoms with Crippen molar-refractivity contribution in [2.75, 3.05) is 7.11 Å². The van der Waals surface area contributed by atoms with Crippen LogP contribution in [0.5, 0.6) is 5.75 Å². The van der Waals surface area contributed by atoms with E-state index in [1.807, 2.05) is 18.2 Å². The van der Waals surface area contributed by atoms with Crippen LogP contribution < -0.4 is 15.9 Å². The summed E-state index contributed by atoms with van der Waals surface area (Å²) in [5.41, 5.74) is 11.5. The summed E-state index contributed by atoms with van der Waals surface area (Å²) >= 11 is 0. The molecule has 0 aromatic heterocycles. The smallest absolute Gasteiger partial charge is 0.216 e. The number of rotatable bonds is 3. The molecule has 0 radical (unpaired) electrons. The number of para-hydroxylation sites is 1. The molecule has 2 aliphatic rings. The zero-order chi connectivity index (χ0) is 17.6. The van der Waals surface area contributed by atoms with Gasteiger partial charge in [-0.2, -0.15) is 0 Å². The highest BCUT2D eigenvalue weighted by atomic mass is 19.1. The number of hydrogen-bond acceptors (Lipinski definition) is 5. The fourth-order valence-electron chi connectivity index (χ4n) is 3.16. The summed E-state index contributed by atoms with van der Waals surface area (Å²) < 4.78 is 33.2. The van der Waals surface area contributed by atoms with Crippen LogP contribution in [-0.4, -0.2) is 24.1 Å². The number of hydrogen-bond donors (Lipinski definition) is 2. The van der Waals surface area contributed by atoms with Gasteiger partial charge in [-0.15, -0.1) is 0 Å². The summed E-state index contributed by atoms with van der Waals surface area (Å²) in [7, 11) is 1.57. The van der Waals surface area contributed by atoms with Gasteiger partial charge in [0.15, 0.2) is 0 Å². The first-order valence-electron chi connectivity index (χ1n) is 7.81. The number of nitrogens with one attached hydrogen (secondary N) is 1. The van der Waals surface area contributed by atoms with Gasteiger partial charge in [0.05, 0.1) is 18.8 Å². The molecule has 0 bridgehead atoms. The van der Waals surface area contributed by atoms with E-state index >= 15 is 0 Å². The minimum atomic E-state index is -0.561. The molecule has 2 heterocycles. The molecule has 1 atom stereocenters. The van der Waals surface area contributed by atoms with Crippen molar-refractivity contribution in [1.82, 2.24) is 10.4 Å². The van der Waals surface area contributed by atoms with Gasteiger partial charge in [-0.05, 0) is 30.7 Å². The molecule has 0 fully saturated rings.